The highest BCUT2D eigenvalue weighted by atomic mass is 32.1. The van der Waals surface area contributed by atoms with E-state index in [9.17, 15) is 9.59 Å². The quantitative estimate of drug-likeness (QED) is 0.840. The minimum Gasteiger partial charge on any atom is -0.495 e. The molecule has 8 heteroatoms. The summed E-state index contributed by atoms with van der Waals surface area (Å²) >= 11 is 1.38. The van der Waals surface area contributed by atoms with E-state index in [0.717, 1.165) is 11.4 Å². The summed E-state index contributed by atoms with van der Waals surface area (Å²) < 4.78 is 5.32. The van der Waals surface area contributed by atoms with Crippen molar-refractivity contribution < 1.29 is 14.3 Å². The lowest BCUT2D eigenvalue weighted by atomic mass is 10.1. The van der Waals surface area contributed by atoms with E-state index in [-0.39, 0.29) is 18.2 Å². The number of ether oxygens (including phenoxy) is 1. The van der Waals surface area contributed by atoms with Gasteiger partial charge in [0, 0.05) is 19.4 Å². The van der Waals surface area contributed by atoms with Gasteiger partial charge in [-0.15, -0.1) is 10.2 Å². The number of hydrogen-bond acceptors (Lipinski definition) is 6. The Balaban J connectivity index is 1.66. The van der Waals surface area contributed by atoms with Gasteiger partial charge < -0.3 is 15.0 Å². The predicted molar refractivity (Wildman–Crippen MR) is 101 cm³/mol. The second kappa shape index (κ2) is 7.82. The van der Waals surface area contributed by atoms with E-state index in [2.05, 4.69) is 29.4 Å². The maximum atomic E-state index is 12.5. The number of methoxy groups -OCH3 is 1. The van der Waals surface area contributed by atoms with E-state index in [0.29, 0.717) is 29.0 Å². The van der Waals surface area contributed by atoms with Crippen LogP contribution in [-0.4, -0.2) is 35.7 Å². The standard InChI is InChI=1S/C18H22N4O3S/c1-11(2)8-15-20-21-18(26-15)19-17(24)12-9-16(23)22(10-12)13-6-4-5-7-14(13)25-3/h4-7,11-12H,8-10H2,1-3H3,(H,19,21,24). The number of aromatic nitrogens is 2. The number of rotatable bonds is 6. The fourth-order valence-electron chi connectivity index (χ4n) is 2.91. The van der Waals surface area contributed by atoms with E-state index in [1.165, 1.54) is 11.3 Å². The molecular weight excluding hydrogens is 352 g/mol. The number of amides is 2. The molecular formula is C18H22N4O3S. The van der Waals surface area contributed by atoms with Gasteiger partial charge in [-0.2, -0.15) is 0 Å². The van der Waals surface area contributed by atoms with Gasteiger partial charge in [-0.3, -0.25) is 9.59 Å². The fraction of sp³-hybridized carbons (Fsp3) is 0.444. The zero-order valence-corrected chi connectivity index (χ0v) is 15.9. The number of carbonyl (C=O) groups is 2. The third-order valence-corrected chi connectivity index (χ3v) is 5.01. The first-order valence-corrected chi connectivity index (χ1v) is 9.36. The van der Waals surface area contributed by atoms with Crippen LogP contribution < -0.4 is 15.0 Å². The lowest BCUT2D eigenvalue weighted by Crippen LogP contribution is -2.28. The van der Waals surface area contributed by atoms with Crippen molar-refractivity contribution in [2.75, 3.05) is 23.9 Å². The summed E-state index contributed by atoms with van der Waals surface area (Å²) in [4.78, 5) is 26.5. The first kappa shape index (κ1) is 18.3. The second-order valence-electron chi connectivity index (χ2n) is 6.67. The Labute approximate surface area is 156 Å². The van der Waals surface area contributed by atoms with Crippen LogP contribution in [0.1, 0.15) is 25.3 Å². The number of benzene rings is 1. The van der Waals surface area contributed by atoms with Crippen molar-refractivity contribution in [3.05, 3.63) is 29.3 Å². The van der Waals surface area contributed by atoms with Crippen LogP contribution in [0.5, 0.6) is 5.75 Å². The molecule has 7 nitrogen and oxygen atoms in total. The lowest BCUT2D eigenvalue weighted by Gasteiger charge is -2.19. The molecule has 2 aromatic rings. The zero-order chi connectivity index (χ0) is 18.7. The van der Waals surface area contributed by atoms with Crippen molar-refractivity contribution in [3.8, 4) is 5.75 Å². The minimum absolute atomic E-state index is 0.0904. The largest absolute Gasteiger partial charge is 0.495 e. The number of para-hydroxylation sites is 2. The Hall–Kier alpha value is -2.48. The van der Waals surface area contributed by atoms with Crippen LogP contribution in [0, 0.1) is 11.8 Å². The number of anilines is 2. The Morgan fingerprint density at radius 2 is 2.15 bits per heavy atom. The van der Waals surface area contributed by atoms with Crippen LogP contribution in [0.4, 0.5) is 10.8 Å². The SMILES string of the molecule is COc1ccccc1N1CC(C(=O)Nc2nnc(CC(C)C)s2)CC1=O. The number of hydrogen-bond donors (Lipinski definition) is 1. The molecule has 0 saturated carbocycles. The van der Waals surface area contributed by atoms with Crippen LogP contribution in [0.25, 0.3) is 0 Å². The molecule has 1 aliphatic rings. The highest BCUT2D eigenvalue weighted by Gasteiger charge is 2.36. The normalized spacial score (nSPS) is 17.0. The molecule has 0 radical (unpaired) electrons. The highest BCUT2D eigenvalue weighted by Crippen LogP contribution is 2.33. The molecule has 1 aromatic heterocycles. The summed E-state index contributed by atoms with van der Waals surface area (Å²) in [6.07, 6.45) is 0.999. The van der Waals surface area contributed by atoms with Gasteiger partial charge in [0.15, 0.2) is 0 Å². The summed E-state index contributed by atoms with van der Waals surface area (Å²) in [6.45, 7) is 4.54. The smallest absolute Gasteiger partial charge is 0.231 e. The number of nitrogens with one attached hydrogen (secondary N) is 1. The van der Waals surface area contributed by atoms with Crippen LogP contribution in [0.2, 0.25) is 0 Å². The van der Waals surface area contributed by atoms with Crippen molar-refractivity contribution in [1.29, 1.82) is 0 Å². The molecule has 0 spiro atoms. The Kier molecular flexibility index (Phi) is 5.51. The maximum Gasteiger partial charge on any atom is 0.231 e. The molecule has 1 saturated heterocycles. The molecule has 26 heavy (non-hydrogen) atoms. The molecule has 0 bridgehead atoms. The van der Waals surface area contributed by atoms with E-state index in [4.69, 9.17) is 4.74 Å². The van der Waals surface area contributed by atoms with Gasteiger partial charge in [-0.25, -0.2) is 0 Å². The second-order valence-corrected chi connectivity index (χ2v) is 7.73. The van der Waals surface area contributed by atoms with Crippen molar-refractivity contribution in [2.24, 2.45) is 11.8 Å². The molecule has 1 atom stereocenters. The minimum atomic E-state index is -0.426. The molecule has 1 aromatic carbocycles. The highest BCUT2D eigenvalue weighted by molar-refractivity contribution is 7.15. The van der Waals surface area contributed by atoms with Crippen LogP contribution in [0.3, 0.4) is 0 Å². The summed E-state index contributed by atoms with van der Waals surface area (Å²) in [5.41, 5.74) is 0.686. The topological polar surface area (TPSA) is 84.4 Å². The molecule has 3 rings (SSSR count). The summed E-state index contributed by atoms with van der Waals surface area (Å²) in [5.74, 6) is 0.373. The molecule has 2 heterocycles. The number of nitrogens with zero attached hydrogens (tertiary/aromatic N) is 3. The van der Waals surface area contributed by atoms with Crippen molar-refractivity contribution in [2.45, 2.75) is 26.7 Å². The van der Waals surface area contributed by atoms with Gasteiger partial charge in [0.2, 0.25) is 16.9 Å². The van der Waals surface area contributed by atoms with Gasteiger partial charge >= 0.3 is 0 Å². The Morgan fingerprint density at radius 3 is 2.88 bits per heavy atom. The van der Waals surface area contributed by atoms with Crippen LogP contribution in [0.15, 0.2) is 24.3 Å². The van der Waals surface area contributed by atoms with Gasteiger partial charge in [0.1, 0.15) is 10.8 Å². The van der Waals surface area contributed by atoms with Crippen LogP contribution in [-0.2, 0) is 16.0 Å². The van der Waals surface area contributed by atoms with Crippen LogP contribution >= 0.6 is 11.3 Å². The third kappa shape index (κ3) is 4.01. The maximum absolute atomic E-state index is 12.5. The Bertz CT molecular complexity index is 805. The average molecular weight is 374 g/mol. The first-order chi connectivity index (χ1) is 12.5. The summed E-state index contributed by atoms with van der Waals surface area (Å²) in [7, 11) is 1.56. The van der Waals surface area contributed by atoms with E-state index >= 15 is 0 Å². The fourth-order valence-corrected chi connectivity index (χ4v) is 3.87. The molecule has 1 fully saturated rings. The van der Waals surface area contributed by atoms with Gasteiger partial charge in [0.05, 0.1) is 18.7 Å². The lowest BCUT2D eigenvalue weighted by molar-refractivity contribution is -0.122. The summed E-state index contributed by atoms with van der Waals surface area (Å²) in [5, 5.41) is 12.3. The zero-order valence-electron chi connectivity index (χ0n) is 15.1. The van der Waals surface area contributed by atoms with E-state index in [1.54, 1.807) is 18.1 Å². The molecule has 1 aliphatic heterocycles. The van der Waals surface area contributed by atoms with E-state index in [1.807, 2.05) is 18.2 Å². The molecule has 1 unspecified atom stereocenters. The number of carbonyl (C=O) groups excluding carboxylic acids is 2. The van der Waals surface area contributed by atoms with Gasteiger partial charge in [-0.05, 0) is 18.1 Å². The van der Waals surface area contributed by atoms with E-state index < -0.39 is 5.92 Å². The summed E-state index contributed by atoms with van der Waals surface area (Å²) in [6, 6.07) is 7.31. The first-order valence-electron chi connectivity index (χ1n) is 8.54. The van der Waals surface area contributed by atoms with Crippen molar-refractivity contribution >= 4 is 34.0 Å². The average Bonchev–Trinajstić information content (AvgIpc) is 3.20. The van der Waals surface area contributed by atoms with Crippen molar-refractivity contribution in [3.63, 3.8) is 0 Å². The van der Waals surface area contributed by atoms with Gasteiger partial charge in [0.25, 0.3) is 0 Å². The molecule has 2 amide bonds. The Morgan fingerprint density at radius 1 is 1.38 bits per heavy atom. The predicted octanol–water partition coefficient (Wildman–Crippen LogP) is 2.74. The third-order valence-electron chi connectivity index (χ3n) is 4.15. The monoisotopic (exact) mass is 374 g/mol. The van der Waals surface area contributed by atoms with Gasteiger partial charge in [-0.1, -0.05) is 37.3 Å². The van der Waals surface area contributed by atoms with Crippen molar-refractivity contribution in [1.82, 2.24) is 10.2 Å². The molecule has 1 N–H and O–H groups in total. The molecule has 138 valence electrons. The molecule has 0 aliphatic carbocycles.